The first-order chi connectivity index (χ1) is 17.3. The molecule has 36 heavy (non-hydrogen) atoms. The van der Waals surface area contributed by atoms with E-state index in [0.717, 1.165) is 37.1 Å². The molecule has 1 fully saturated rings. The summed E-state index contributed by atoms with van der Waals surface area (Å²) < 4.78 is 14.0. The van der Waals surface area contributed by atoms with Crippen LogP contribution < -0.4 is 5.32 Å². The highest BCUT2D eigenvalue weighted by Crippen LogP contribution is 2.29. The number of rotatable bonds is 8. The van der Waals surface area contributed by atoms with Crippen molar-refractivity contribution in [1.82, 2.24) is 10.2 Å². The van der Waals surface area contributed by atoms with Crippen LogP contribution in [0, 0.1) is 5.82 Å². The van der Waals surface area contributed by atoms with E-state index in [2.05, 4.69) is 10.2 Å². The van der Waals surface area contributed by atoms with Gasteiger partial charge in [0.1, 0.15) is 11.9 Å². The third kappa shape index (κ3) is 6.44. The Kier molecular flexibility index (Phi) is 8.62. The maximum atomic E-state index is 14.0. The molecule has 3 aromatic rings. The van der Waals surface area contributed by atoms with Crippen LogP contribution in [0.4, 0.5) is 4.39 Å². The Morgan fingerprint density at radius 1 is 0.972 bits per heavy atom. The van der Waals surface area contributed by atoms with Gasteiger partial charge >= 0.3 is 5.97 Å². The van der Waals surface area contributed by atoms with Gasteiger partial charge in [0.15, 0.2) is 0 Å². The van der Waals surface area contributed by atoms with Gasteiger partial charge in [-0.15, -0.1) is 0 Å². The molecule has 5 nitrogen and oxygen atoms in total. The Morgan fingerprint density at radius 3 is 2.22 bits per heavy atom. The van der Waals surface area contributed by atoms with Crippen molar-refractivity contribution in [2.45, 2.75) is 37.8 Å². The molecule has 0 unspecified atom stereocenters. The quantitative estimate of drug-likeness (QED) is 0.379. The molecule has 1 saturated heterocycles. The summed E-state index contributed by atoms with van der Waals surface area (Å²) in [6, 6.07) is 18.3. The van der Waals surface area contributed by atoms with Crippen LogP contribution in [-0.2, 0) is 17.8 Å². The zero-order valence-electron chi connectivity index (χ0n) is 19.6. The lowest BCUT2D eigenvalue weighted by Gasteiger charge is -2.32. The van der Waals surface area contributed by atoms with Gasteiger partial charge in [-0.25, -0.2) is 9.18 Å². The van der Waals surface area contributed by atoms with E-state index in [1.807, 2.05) is 36.4 Å². The smallest absolute Gasteiger partial charge is 0.326 e. The zero-order chi connectivity index (χ0) is 25.7. The Balaban J connectivity index is 1.34. The molecule has 0 spiro atoms. The molecule has 1 heterocycles. The molecule has 3 aromatic carbocycles. The maximum Gasteiger partial charge on any atom is 0.326 e. The number of halogens is 3. The van der Waals surface area contributed by atoms with E-state index >= 15 is 0 Å². The van der Waals surface area contributed by atoms with E-state index in [0.29, 0.717) is 12.5 Å². The molecular weight excluding hydrogens is 502 g/mol. The maximum absolute atomic E-state index is 14.0. The Labute approximate surface area is 219 Å². The normalized spacial score (nSPS) is 15.4. The van der Waals surface area contributed by atoms with Crippen LogP contribution in [0.2, 0.25) is 10.0 Å². The summed E-state index contributed by atoms with van der Waals surface area (Å²) >= 11 is 12.2. The molecule has 188 valence electrons. The van der Waals surface area contributed by atoms with Gasteiger partial charge in [0, 0.05) is 18.5 Å². The predicted molar refractivity (Wildman–Crippen MR) is 139 cm³/mol. The number of nitrogens with zero attached hydrogens (tertiary/aromatic N) is 1. The number of nitrogens with one attached hydrogen (secondary N) is 1. The second kappa shape index (κ2) is 11.9. The topological polar surface area (TPSA) is 69.6 Å². The molecular formula is C28H27Cl2FN2O3. The molecule has 0 aromatic heterocycles. The van der Waals surface area contributed by atoms with Crippen molar-refractivity contribution in [3.8, 4) is 0 Å². The molecule has 2 N–H and O–H groups in total. The van der Waals surface area contributed by atoms with Gasteiger partial charge in [0.25, 0.3) is 5.91 Å². The lowest BCUT2D eigenvalue weighted by molar-refractivity contribution is -0.139. The molecule has 1 aliphatic heterocycles. The van der Waals surface area contributed by atoms with Gasteiger partial charge in [-0.2, -0.15) is 0 Å². The summed E-state index contributed by atoms with van der Waals surface area (Å²) in [7, 11) is 0. The Bertz CT molecular complexity index is 1210. The number of piperidine rings is 1. The van der Waals surface area contributed by atoms with Gasteiger partial charge in [-0.1, -0.05) is 71.7 Å². The van der Waals surface area contributed by atoms with E-state index in [1.165, 1.54) is 23.8 Å². The van der Waals surface area contributed by atoms with Crippen molar-refractivity contribution in [1.29, 1.82) is 0 Å². The van der Waals surface area contributed by atoms with Gasteiger partial charge in [-0.05, 0) is 61.2 Å². The van der Waals surface area contributed by atoms with Crippen LogP contribution in [0.25, 0.3) is 0 Å². The molecule has 0 radical (unpaired) electrons. The molecule has 1 atom stereocenters. The average Bonchev–Trinajstić information content (AvgIpc) is 2.86. The third-order valence-electron chi connectivity index (χ3n) is 6.62. The Morgan fingerprint density at radius 2 is 1.61 bits per heavy atom. The van der Waals surface area contributed by atoms with Crippen LogP contribution in [0.1, 0.15) is 45.8 Å². The van der Waals surface area contributed by atoms with E-state index < -0.39 is 17.9 Å². The predicted octanol–water partition coefficient (Wildman–Crippen LogP) is 5.94. The molecule has 0 aliphatic carbocycles. The van der Waals surface area contributed by atoms with Crippen LogP contribution in [0.15, 0.2) is 66.7 Å². The third-order valence-corrected chi connectivity index (χ3v) is 7.25. The highest BCUT2D eigenvalue weighted by atomic mass is 35.5. The lowest BCUT2D eigenvalue weighted by atomic mass is 9.88. The van der Waals surface area contributed by atoms with Crippen LogP contribution >= 0.6 is 23.2 Å². The summed E-state index contributed by atoms with van der Waals surface area (Å²) in [6.07, 6.45) is 2.07. The van der Waals surface area contributed by atoms with Crippen LogP contribution in [0.3, 0.4) is 0 Å². The summed E-state index contributed by atoms with van der Waals surface area (Å²) in [5, 5.41) is 12.5. The second-order valence-corrected chi connectivity index (χ2v) is 9.86. The molecule has 0 saturated carbocycles. The number of carbonyl (C=O) groups excluding carboxylic acids is 1. The number of likely N-dealkylation sites (tertiary alicyclic amines) is 1. The van der Waals surface area contributed by atoms with Gasteiger partial charge in [0.05, 0.1) is 15.6 Å². The van der Waals surface area contributed by atoms with Gasteiger partial charge < -0.3 is 10.4 Å². The number of amides is 1. The first-order valence-electron chi connectivity index (χ1n) is 11.8. The van der Waals surface area contributed by atoms with Gasteiger partial charge in [0.2, 0.25) is 0 Å². The molecule has 1 amide bonds. The number of carboxylic acids is 1. The molecule has 1 aliphatic rings. The van der Waals surface area contributed by atoms with Crippen LogP contribution in [-0.4, -0.2) is 41.0 Å². The minimum Gasteiger partial charge on any atom is -0.480 e. The zero-order valence-corrected chi connectivity index (χ0v) is 21.1. The fraction of sp³-hybridized carbons (Fsp3) is 0.286. The number of carbonyl (C=O) groups is 2. The largest absolute Gasteiger partial charge is 0.480 e. The fourth-order valence-electron chi connectivity index (χ4n) is 4.60. The number of carboxylic acid groups (broad SMARTS) is 1. The minimum atomic E-state index is -1.14. The van der Waals surface area contributed by atoms with Crippen LogP contribution in [0.5, 0.6) is 0 Å². The number of hydrogen-bond donors (Lipinski definition) is 2. The highest BCUT2D eigenvalue weighted by Gasteiger charge is 2.25. The SMILES string of the molecule is O=C(N[C@@H](Cc1ccc(C2CCN(Cc3ccccc3F)CC2)cc1)C(=O)O)c1c(Cl)cccc1Cl. The van der Waals surface area contributed by atoms with E-state index in [4.69, 9.17) is 23.2 Å². The molecule has 4 rings (SSSR count). The monoisotopic (exact) mass is 528 g/mol. The average molecular weight is 529 g/mol. The second-order valence-electron chi connectivity index (χ2n) is 9.05. The summed E-state index contributed by atoms with van der Waals surface area (Å²) in [5.41, 5.74) is 2.78. The van der Waals surface area contributed by atoms with Crippen molar-refractivity contribution in [2.75, 3.05) is 13.1 Å². The van der Waals surface area contributed by atoms with E-state index in [-0.39, 0.29) is 27.8 Å². The Hall–Kier alpha value is -2.93. The van der Waals surface area contributed by atoms with Crippen molar-refractivity contribution in [2.24, 2.45) is 0 Å². The number of hydrogen-bond acceptors (Lipinski definition) is 3. The summed E-state index contributed by atoms with van der Waals surface area (Å²) in [4.78, 5) is 26.7. The fourth-order valence-corrected chi connectivity index (χ4v) is 5.17. The van der Waals surface area contributed by atoms with E-state index in [9.17, 15) is 19.1 Å². The summed E-state index contributed by atoms with van der Waals surface area (Å²) in [6.45, 7) is 2.39. The minimum absolute atomic E-state index is 0.0591. The van der Waals surface area contributed by atoms with Crippen molar-refractivity contribution < 1.29 is 19.1 Å². The first kappa shape index (κ1) is 26.1. The molecule has 0 bridgehead atoms. The standard InChI is InChI=1S/C28H27Cl2FN2O3/c29-22-5-3-6-23(30)26(22)27(34)32-25(28(35)36)16-18-8-10-19(11-9-18)20-12-14-33(15-13-20)17-21-4-1-2-7-24(21)31/h1-11,20,25H,12-17H2,(H,32,34)(H,35,36)/t25-/m0/s1. The van der Waals surface area contributed by atoms with Crippen molar-refractivity contribution in [3.05, 3.63) is 105 Å². The van der Waals surface area contributed by atoms with E-state index in [1.54, 1.807) is 12.1 Å². The van der Waals surface area contributed by atoms with Gasteiger partial charge in [-0.3, -0.25) is 9.69 Å². The molecule has 8 heteroatoms. The van der Waals surface area contributed by atoms with Crippen molar-refractivity contribution in [3.63, 3.8) is 0 Å². The summed E-state index contributed by atoms with van der Waals surface area (Å²) in [5.74, 6) is -1.54. The van der Waals surface area contributed by atoms with Crippen molar-refractivity contribution >= 4 is 35.1 Å². The lowest BCUT2D eigenvalue weighted by Crippen LogP contribution is -2.42. The number of aliphatic carboxylic acids is 1. The first-order valence-corrected chi connectivity index (χ1v) is 12.6. The number of benzene rings is 3. The highest BCUT2D eigenvalue weighted by molar-refractivity contribution is 6.39.